The van der Waals surface area contributed by atoms with E-state index in [-0.39, 0.29) is 5.97 Å². The van der Waals surface area contributed by atoms with E-state index in [1.54, 1.807) is 0 Å². The first kappa shape index (κ1) is 13.7. The van der Waals surface area contributed by atoms with Crippen LogP contribution in [0.25, 0.3) is 0 Å². The second-order valence-corrected chi connectivity index (χ2v) is 3.16. The van der Waals surface area contributed by atoms with Gasteiger partial charge in [0, 0.05) is 6.08 Å². The number of rotatable bonds is 7. The molecule has 0 rings (SSSR count). The highest BCUT2D eigenvalue weighted by Crippen LogP contribution is 2.01. The van der Waals surface area contributed by atoms with Crippen LogP contribution in [0.1, 0.15) is 32.6 Å². The zero-order valence-corrected chi connectivity index (χ0v) is 9.61. The van der Waals surface area contributed by atoms with Crippen molar-refractivity contribution < 1.29 is 9.53 Å². The Morgan fingerprint density at radius 1 is 1.13 bits per heavy atom. The maximum absolute atomic E-state index is 10.7. The number of methoxy groups -OCH3 is 1. The molecule has 0 aliphatic rings. The van der Waals surface area contributed by atoms with Gasteiger partial charge in [-0.05, 0) is 32.6 Å². The number of hydrogen-bond donors (Lipinski definition) is 0. The van der Waals surface area contributed by atoms with Crippen molar-refractivity contribution in [2.75, 3.05) is 7.11 Å². The molecule has 0 aromatic carbocycles. The summed E-state index contributed by atoms with van der Waals surface area (Å²) in [6, 6.07) is 0. The Morgan fingerprint density at radius 2 is 1.80 bits per heavy atom. The number of carbonyl (C=O) groups is 1. The van der Waals surface area contributed by atoms with Crippen LogP contribution in [0.3, 0.4) is 0 Å². The largest absolute Gasteiger partial charge is 0.466 e. The quantitative estimate of drug-likeness (QED) is 0.277. The minimum absolute atomic E-state index is 0.275. The van der Waals surface area contributed by atoms with Crippen LogP contribution in [-0.4, -0.2) is 13.1 Å². The highest BCUT2D eigenvalue weighted by Gasteiger charge is 1.89. The Morgan fingerprint density at radius 3 is 2.40 bits per heavy atom. The van der Waals surface area contributed by atoms with Crippen LogP contribution in [0, 0.1) is 0 Å². The molecule has 0 saturated heterocycles. The Kier molecular flexibility index (Phi) is 9.83. The van der Waals surface area contributed by atoms with Gasteiger partial charge in [-0.15, -0.1) is 0 Å². The zero-order chi connectivity index (χ0) is 11.4. The Bertz CT molecular complexity index is 237. The molecule has 84 valence electrons. The van der Waals surface area contributed by atoms with E-state index in [1.165, 1.54) is 13.2 Å². The van der Waals surface area contributed by atoms with Crippen molar-refractivity contribution in [3.8, 4) is 0 Å². The lowest BCUT2D eigenvalue weighted by molar-refractivity contribution is -0.134. The van der Waals surface area contributed by atoms with Crippen LogP contribution in [0.2, 0.25) is 0 Å². The Balaban J connectivity index is 3.32. The molecule has 0 N–H and O–H groups in total. The predicted molar refractivity (Wildman–Crippen MR) is 63.6 cm³/mol. The lowest BCUT2D eigenvalue weighted by Gasteiger charge is -1.92. The number of unbranched alkanes of at least 4 members (excludes halogenated alkanes) is 3. The first-order chi connectivity index (χ1) is 7.31. The van der Waals surface area contributed by atoms with Gasteiger partial charge in [0.25, 0.3) is 0 Å². The van der Waals surface area contributed by atoms with Crippen LogP contribution in [-0.2, 0) is 9.53 Å². The van der Waals surface area contributed by atoms with E-state index in [9.17, 15) is 4.79 Å². The summed E-state index contributed by atoms with van der Waals surface area (Å²) < 4.78 is 4.48. The van der Waals surface area contributed by atoms with E-state index < -0.39 is 0 Å². The van der Waals surface area contributed by atoms with Gasteiger partial charge >= 0.3 is 5.97 Å². The van der Waals surface area contributed by atoms with Crippen molar-refractivity contribution in [2.45, 2.75) is 32.6 Å². The van der Waals surface area contributed by atoms with Crippen LogP contribution >= 0.6 is 0 Å². The molecule has 0 bridgehead atoms. The normalized spacial score (nSPS) is 11.9. The molecule has 0 radical (unpaired) electrons. The van der Waals surface area contributed by atoms with Crippen LogP contribution in [0.15, 0.2) is 36.5 Å². The molecule has 0 aromatic rings. The van der Waals surface area contributed by atoms with Gasteiger partial charge in [-0.3, -0.25) is 0 Å². The fourth-order valence-corrected chi connectivity index (χ4v) is 1.06. The van der Waals surface area contributed by atoms with Crippen LogP contribution < -0.4 is 0 Å². The highest BCUT2D eigenvalue weighted by molar-refractivity contribution is 5.81. The number of allylic oxidation sites excluding steroid dienone is 5. The molecule has 0 heterocycles. The summed E-state index contributed by atoms with van der Waals surface area (Å²) in [6.45, 7) is 2.00. The smallest absolute Gasteiger partial charge is 0.330 e. The third-order valence-electron chi connectivity index (χ3n) is 1.89. The maximum Gasteiger partial charge on any atom is 0.330 e. The third kappa shape index (κ3) is 10.6. The maximum atomic E-state index is 10.7. The molecule has 0 spiro atoms. The van der Waals surface area contributed by atoms with Gasteiger partial charge in [0.1, 0.15) is 0 Å². The van der Waals surface area contributed by atoms with E-state index in [0.717, 1.165) is 25.7 Å². The minimum atomic E-state index is -0.275. The van der Waals surface area contributed by atoms with Crippen molar-refractivity contribution in [3.05, 3.63) is 36.5 Å². The summed E-state index contributed by atoms with van der Waals surface area (Å²) in [5.41, 5.74) is 0. The Labute approximate surface area is 92.3 Å². The topological polar surface area (TPSA) is 26.3 Å². The summed E-state index contributed by atoms with van der Waals surface area (Å²) in [5, 5.41) is 0. The van der Waals surface area contributed by atoms with Crippen molar-refractivity contribution >= 4 is 5.97 Å². The average Bonchev–Trinajstić information content (AvgIpc) is 2.26. The molecule has 0 fully saturated rings. The molecule has 0 amide bonds. The van der Waals surface area contributed by atoms with Crippen molar-refractivity contribution in [3.63, 3.8) is 0 Å². The first-order valence-corrected chi connectivity index (χ1v) is 5.33. The van der Waals surface area contributed by atoms with Crippen molar-refractivity contribution in [2.24, 2.45) is 0 Å². The van der Waals surface area contributed by atoms with Gasteiger partial charge in [0.05, 0.1) is 7.11 Å². The van der Waals surface area contributed by atoms with Crippen molar-refractivity contribution in [1.29, 1.82) is 0 Å². The van der Waals surface area contributed by atoms with Gasteiger partial charge in [-0.2, -0.15) is 0 Å². The molecule has 0 aliphatic carbocycles. The van der Waals surface area contributed by atoms with Crippen LogP contribution in [0.4, 0.5) is 0 Å². The molecule has 0 aromatic heterocycles. The summed E-state index contributed by atoms with van der Waals surface area (Å²) >= 11 is 0. The molecule has 2 nitrogen and oxygen atoms in total. The molecule has 0 aliphatic heterocycles. The average molecular weight is 208 g/mol. The molecular weight excluding hydrogens is 188 g/mol. The summed E-state index contributed by atoms with van der Waals surface area (Å²) in [4.78, 5) is 10.7. The second-order valence-electron chi connectivity index (χ2n) is 3.16. The molecule has 0 atom stereocenters. The monoisotopic (exact) mass is 208 g/mol. The van der Waals surface area contributed by atoms with Gasteiger partial charge in [-0.1, -0.05) is 30.4 Å². The first-order valence-electron chi connectivity index (χ1n) is 5.33. The molecule has 15 heavy (non-hydrogen) atoms. The van der Waals surface area contributed by atoms with E-state index in [4.69, 9.17) is 0 Å². The fraction of sp³-hybridized carbons (Fsp3) is 0.462. The van der Waals surface area contributed by atoms with Gasteiger partial charge in [0.15, 0.2) is 0 Å². The van der Waals surface area contributed by atoms with Gasteiger partial charge in [0.2, 0.25) is 0 Å². The van der Waals surface area contributed by atoms with Gasteiger partial charge in [-0.25, -0.2) is 4.79 Å². The van der Waals surface area contributed by atoms with E-state index in [1.807, 2.05) is 25.2 Å². The summed E-state index contributed by atoms with van der Waals surface area (Å²) in [6.07, 6.45) is 15.9. The zero-order valence-electron chi connectivity index (χ0n) is 9.61. The second kappa shape index (κ2) is 10.8. The highest BCUT2D eigenvalue weighted by atomic mass is 16.5. The van der Waals surface area contributed by atoms with E-state index in [2.05, 4.69) is 16.9 Å². The summed E-state index contributed by atoms with van der Waals surface area (Å²) in [5.74, 6) is -0.275. The molecule has 2 heteroatoms. The van der Waals surface area contributed by atoms with E-state index >= 15 is 0 Å². The number of esters is 1. The molecule has 0 saturated carbocycles. The minimum Gasteiger partial charge on any atom is -0.466 e. The SMILES string of the molecule is CC=CC=CCCCCC=CC(=O)OC. The van der Waals surface area contributed by atoms with Gasteiger partial charge < -0.3 is 4.74 Å². The molecule has 0 unspecified atom stereocenters. The summed E-state index contributed by atoms with van der Waals surface area (Å²) in [7, 11) is 1.39. The number of carbonyl (C=O) groups excluding carboxylic acids is 1. The Hall–Kier alpha value is -1.31. The fourth-order valence-electron chi connectivity index (χ4n) is 1.06. The van der Waals surface area contributed by atoms with Crippen LogP contribution in [0.5, 0.6) is 0 Å². The van der Waals surface area contributed by atoms with Crippen molar-refractivity contribution in [1.82, 2.24) is 0 Å². The number of ether oxygens (including phenoxy) is 1. The van der Waals surface area contributed by atoms with E-state index in [0.29, 0.717) is 0 Å². The third-order valence-corrected chi connectivity index (χ3v) is 1.89. The lowest BCUT2D eigenvalue weighted by Crippen LogP contribution is -1.93. The lowest BCUT2D eigenvalue weighted by atomic mass is 10.2. The predicted octanol–water partition coefficient (Wildman–Crippen LogP) is 3.41. The molecular formula is C13H20O2. The standard InChI is InChI=1S/C13H20O2/c1-3-4-5-6-7-8-9-10-11-12-13(14)15-2/h3-6,11-12H,7-10H2,1-2H3. The number of hydrogen-bond acceptors (Lipinski definition) is 2.